The molecule has 0 spiro atoms. The predicted octanol–water partition coefficient (Wildman–Crippen LogP) is 5.37. The van der Waals surface area contributed by atoms with E-state index in [0.29, 0.717) is 30.2 Å². The van der Waals surface area contributed by atoms with Gasteiger partial charge < -0.3 is 10.1 Å². The zero-order valence-electron chi connectivity index (χ0n) is 16.5. The van der Waals surface area contributed by atoms with Gasteiger partial charge >= 0.3 is 0 Å². The van der Waals surface area contributed by atoms with Crippen molar-refractivity contribution in [2.24, 2.45) is 5.92 Å². The number of nitrogens with zero attached hydrogens (tertiary/aromatic N) is 1. The minimum atomic E-state index is 0.000488. The quantitative estimate of drug-likeness (QED) is 0.605. The number of halogens is 1. The predicted molar refractivity (Wildman–Crippen MR) is 115 cm³/mol. The van der Waals surface area contributed by atoms with E-state index in [-0.39, 0.29) is 5.91 Å². The van der Waals surface area contributed by atoms with Crippen LogP contribution in [0.2, 0.25) is 5.02 Å². The Balaban J connectivity index is 1.36. The zero-order chi connectivity index (χ0) is 19.8. The Hall–Kier alpha value is -2.04. The Bertz CT molecular complexity index is 755. The number of amides is 1. The summed E-state index contributed by atoms with van der Waals surface area (Å²) in [5, 5.41) is 3.54. The number of hydrogen-bond acceptors (Lipinski definition) is 3. The molecule has 2 aromatic carbocycles. The van der Waals surface area contributed by atoms with E-state index in [1.165, 1.54) is 31.5 Å². The SMILES string of the molecule is CC1CCN(Cc2ccc(NC(=O)CCCOc3ccccc3Cl)cc2)CC1. The van der Waals surface area contributed by atoms with Crippen molar-refractivity contribution in [2.75, 3.05) is 25.0 Å². The summed E-state index contributed by atoms with van der Waals surface area (Å²) in [6.45, 7) is 6.13. The summed E-state index contributed by atoms with van der Waals surface area (Å²) < 4.78 is 5.62. The average molecular weight is 401 g/mol. The third kappa shape index (κ3) is 6.54. The van der Waals surface area contributed by atoms with Crippen molar-refractivity contribution in [2.45, 2.75) is 39.2 Å². The molecule has 2 aromatic rings. The largest absolute Gasteiger partial charge is 0.492 e. The number of carbonyl (C=O) groups is 1. The number of piperidine rings is 1. The van der Waals surface area contributed by atoms with Crippen LogP contribution in [-0.4, -0.2) is 30.5 Å². The summed E-state index contributed by atoms with van der Waals surface area (Å²) in [5.74, 6) is 1.51. The first-order chi connectivity index (χ1) is 13.6. The molecule has 28 heavy (non-hydrogen) atoms. The van der Waals surface area contributed by atoms with E-state index < -0.39 is 0 Å². The Morgan fingerprint density at radius 1 is 1.14 bits per heavy atom. The number of nitrogens with one attached hydrogen (secondary N) is 1. The number of para-hydroxylation sites is 1. The van der Waals surface area contributed by atoms with Crippen LogP contribution in [0, 0.1) is 5.92 Å². The zero-order valence-corrected chi connectivity index (χ0v) is 17.3. The van der Waals surface area contributed by atoms with Gasteiger partial charge in [-0.15, -0.1) is 0 Å². The van der Waals surface area contributed by atoms with Crippen molar-refractivity contribution in [3.8, 4) is 5.75 Å². The van der Waals surface area contributed by atoms with E-state index in [1.54, 1.807) is 6.07 Å². The Labute approximate surface area is 172 Å². The van der Waals surface area contributed by atoms with Gasteiger partial charge in [-0.3, -0.25) is 9.69 Å². The van der Waals surface area contributed by atoms with Gasteiger partial charge in [0.1, 0.15) is 5.75 Å². The fourth-order valence-electron chi connectivity index (χ4n) is 3.37. The molecule has 1 aliphatic heterocycles. The van der Waals surface area contributed by atoms with Gasteiger partial charge in [-0.05, 0) is 68.1 Å². The molecule has 0 aromatic heterocycles. The molecule has 0 radical (unpaired) electrons. The van der Waals surface area contributed by atoms with E-state index in [9.17, 15) is 4.79 Å². The first kappa shape index (κ1) is 20.7. The lowest BCUT2D eigenvalue weighted by Crippen LogP contribution is -2.32. The molecular formula is C23H29ClN2O2. The Morgan fingerprint density at radius 2 is 1.86 bits per heavy atom. The van der Waals surface area contributed by atoms with E-state index in [0.717, 1.165) is 18.2 Å². The normalized spacial score (nSPS) is 15.4. The molecule has 0 bridgehead atoms. The average Bonchev–Trinajstić information content (AvgIpc) is 2.70. The van der Waals surface area contributed by atoms with Crippen LogP contribution >= 0.6 is 11.6 Å². The lowest BCUT2D eigenvalue weighted by atomic mass is 9.99. The standard InChI is InChI=1S/C23H29ClN2O2/c1-18-12-14-26(15-13-18)17-19-8-10-20(11-9-19)25-23(27)7-4-16-28-22-6-3-2-5-21(22)24/h2-3,5-6,8-11,18H,4,7,12-17H2,1H3,(H,25,27). The summed E-state index contributed by atoms with van der Waals surface area (Å²) >= 11 is 6.05. The third-order valence-corrected chi connectivity index (χ3v) is 5.47. The summed E-state index contributed by atoms with van der Waals surface area (Å²) in [4.78, 5) is 14.6. The number of rotatable bonds is 8. The molecule has 1 fully saturated rings. The summed E-state index contributed by atoms with van der Waals surface area (Å²) in [6, 6.07) is 15.5. The second-order valence-electron chi connectivity index (χ2n) is 7.59. The minimum absolute atomic E-state index is 0.000488. The maximum absolute atomic E-state index is 12.1. The van der Waals surface area contributed by atoms with E-state index in [1.807, 2.05) is 30.3 Å². The maximum Gasteiger partial charge on any atom is 0.224 e. The molecule has 0 unspecified atom stereocenters. The molecule has 150 valence electrons. The van der Waals surface area contributed by atoms with Gasteiger partial charge in [-0.25, -0.2) is 0 Å². The van der Waals surface area contributed by atoms with Crippen LogP contribution in [0.25, 0.3) is 0 Å². The number of ether oxygens (including phenoxy) is 1. The summed E-state index contributed by atoms with van der Waals surface area (Å²) in [6.07, 6.45) is 3.63. The van der Waals surface area contributed by atoms with Gasteiger partial charge in [-0.2, -0.15) is 0 Å². The van der Waals surface area contributed by atoms with E-state index in [2.05, 4.69) is 29.3 Å². The lowest BCUT2D eigenvalue weighted by Gasteiger charge is -2.30. The molecule has 1 aliphatic rings. The van der Waals surface area contributed by atoms with Crippen molar-refractivity contribution in [1.82, 2.24) is 4.90 Å². The molecule has 0 aliphatic carbocycles. The summed E-state index contributed by atoms with van der Waals surface area (Å²) in [7, 11) is 0. The van der Waals surface area contributed by atoms with Gasteiger partial charge in [0.05, 0.1) is 11.6 Å². The second kappa shape index (κ2) is 10.5. The van der Waals surface area contributed by atoms with Crippen molar-refractivity contribution in [1.29, 1.82) is 0 Å². The minimum Gasteiger partial charge on any atom is -0.492 e. The highest BCUT2D eigenvalue weighted by molar-refractivity contribution is 6.32. The molecule has 3 rings (SSSR count). The molecule has 0 saturated carbocycles. The van der Waals surface area contributed by atoms with Gasteiger partial charge in [0.25, 0.3) is 0 Å². The highest BCUT2D eigenvalue weighted by Gasteiger charge is 2.15. The topological polar surface area (TPSA) is 41.6 Å². The van der Waals surface area contributed by atoms with E-state index >= 15 is 0 Å². The van der Waals surface area contributed by atoms with Gasteiger partial charge in [-0.1, -0.05) is 42.8 Å². The van der Waals surface area contributed by atoms with E-state index in [4.69, 9.17) is 16.3 Å². The molecule has 1 amide bonds. The fourth-order valence-corrected chi connectivity index (χ4v) is 3.56. The number of carbonyl (C=O) groups excluding carboxylic acids is 1. The van der Waals surface area contributed by atoms with Crippen LogP contribution in [0.4, 0.5) is 5.69 Å². The highest BCUT2D eigenvalue weighted by atomic mass is 35.5. The molecule has 4 nitrogen and oxygen atoms in total. The van der Waals surface area contributed by atoms with Gasteiger partial charge in [0.15, 0.2) is 0 Å². The first-order valence-electron chi connectivity index (χ1n) is 10.1. The number of benzene rings is 2. The van der Waals surface area contributed by atoms with Crippen LogP contribution in [-0.2, 0) is 11.3 Å². The Kier molecular flexibility index (Phi) is 7.75. The number of likely N-dealkylation sites (tertiary alicyclic amines) is 1. The molecule has 1 saturated heterocycles. The molecule has 1 heterocycles. The third-order valence-electron chi connectivity index (χ3n) is 5.16. The number of hydrogen-bond donors (Lipinski definition) is 1. The van der Waals surface area contributed by atoms with Crippen molar-refractivity contribution in [3.63, 3.8) is 0 Å². The fraction of sp³-hybridized carbons (Fsp3) is 0.435. The van der Waals surface area contributed by atoms with Crippen LogP contribution in [0.5, 0.6) is 5.75 Å². The highest BCUT2D eigenvalue weighted by Crippen LogP contribution is 2.23. The maximum atomic E-state index is 12.1. The van der Waals surface area contributed by atoms with Crippen LogP contribution in [0.15, 0.2) is 48.5 Å². The van der Waals surface area contributed by atoms with Crippen LogP contribution < -0.4 is 10.1 Å². The second-order valence-corrected chi connectivity index (χ2v) is 7.99. The monoisotopic (exact) mass is 400 g/mol. The summed E-state index contributed by atoms with van der Waals surface area (Å²) in [5.41, 5.74) is 2.13. The van der Waals surface area contributed by atoms with Crippen LogP contribution in [0.3, 0.4) is 0 Å². The Morgan fingerprint density at radius 3 is 2.57 bits per heavy atom. The number of anilines is 1. The van der Waals surface area contributed by atoms with Gasteiger partial charge in [0.2, 0.25) is 5.91 Å². The van der Waals surface area contributed by atoms with Crippen LogP contribution in [0.1, 0.15) is 38.2 Å². The lowest BCUT2D eigenvalue weighted by molar-refractivity contribution is -0.116. The van der Waals surface area contributed by atoms with Crippen molar-refractivity contribution < 1.29 is 9.53 Å². The first-order valence-corrected chi connectivity index (χ1v) is 10.5. The van der Waals surface area contributed by atoms with Gasteiger partial charge in [0, 0.05) is 18.7 Å². The smallest absolute Gasteiger partial charge is 0.224 e. The molecular weight excluding hydrogens is 372 g/mol. The molecule has 1 N–H and O–H groups in total. The molecule has 0 atom stereocenters. The molecule has 5 heteroatoms. The van der Waals surface area contributed by atoms with Crippen molar-refractivity contribution in [3.05, 3.63) is 59.1 Å². The van der Waals surface area contributed by atoms with Crippen molar-refractivity contribution >= 4 is 23.2 Å².